The minimum atomic E-state index is 0.290. The van der Waals surface area contributed by atoms with Gasteiger partial charge in [0.2, 0.25) is 0 Å². The van der Waals surface area contributed by atoms with Gasteiger partial charge in [-0.2, -0.15) is 5.26 Å². The second kappa shape index (κ2) is 6.55. The molecule has 0 saturated carbocycles. The largest absolute Gasteiger partial charge is 0.492 e. The van der Waals surface area contributed by atoms with Crippen molar-refractivity contribution in [3.05, 3.63) is 29.8 Å². The van der Waals surface area contributed by atoms with Crippen LogP contribution in [0.25, 0.3) is 0 Å². The van der Waals surface area contributed by atoms with Crippen LogP contribution >= 0.6 is 0 Å². The molecule has 4 nitrogen and oxygen atoms in total. The van der Waals surface area contributed by atoms with Gasteiger partial charge in [0.25, 0.3) is 0 Å². The van der Waals surface area contributed by atoms with Crippen LogP contribution in [-0.4, -0.2) is 43.3 Å². The molecule has 4 heteroatoms. The van der Waals surface area contributed by atoms with E-state index in [1.165, 1.54) is 0 Å². The van der Waals surface area contributed by atoms with Crippen LogP contribution in [-0.2, 0) is 4.74 Å². The Hall–Kier alpha value is -1.57. The van der Waals surface area contributed by atoms with Gasteiger partial charge in [0.15, 0.2) is 0 Å². The maximum absolute atomic E-state index is 8.83. The Bertz CT molecular complexity index is 456. The zero-order valence-electron chi connectivity index (χ0n) is 11.5. The van der Waals surface area contributed by atoms with Crippen molar-refractivity contribution < 1.29 is 9.47 Å². The molecule has 0 aliphatic carbocycles. The third-order valence-corrected chi connectivity index (χ3v) is 3.35. The van der Waals surface area contributed by atoms with E-state index in [1.54, 1.807) is 12.1 Å². The van der Waals surface area contributed by atoms with Crippen molar-refractivity contribution in [1.29, 1.82) is 5.26 Å². The van der Waals surface area contributed by atoms with Gasteiger partial charge in [-0.3, -0.25) is 4.90 Å². The number of nitrogens with zero attached hydrogens (tertiary/aromatic N) is 2. The smallest absolute Gasteiger partial charge is 0.120 e. The lowest BCUT2D eigenvalue weighted by Crippen LogP contribution is -2.48. The Morgan fingerprint density at radius 3 is 3.11 bits per heavy atom. The number of nitriles is 1. The summed E-state index contributed by atoms with van der Waals surface area (Å²) in [6.07, 6.45) is 0.290. The highest BCUT2D eigenvalue weighted by atomic mass is 16.5. The van der Waals surface area contributed by atoms with E-state index in [-0.39, 0.29) is 6.10 Å². The number of rotatable bonds is 4. The minimum absolute atomic E-state index is 0.290. The van der Waals surface area contributed by atoms with E-state index in [2.05, 4.69) is 24.8 Å². The summed E-state index contributed by atoms with van der Waals surface area (Å²) in [4.78, 5) is 2.38. The summed E-state index contributed by atoms with van der Waals surface area (Å²) in [5.74, 6) is 0.757. The van der Waals surface area contributed by atoms with Crippen LogP contribution in [0.15, 0.2) is 24.3 Å². The molecule has 1 aromatic rings. The summed E-state index contributed by atoms with van der Waals surface area (Å²) < 4.78 is 11.3. The fraction of sp³-hybridized carbons (Fsp3) is 0.533. The molecule has 1 aromatic carbocycles. The molecule has 0 radical (unpaired) electrons. The van der Waals surface area contributed by atoms with Gasteiger partial charge in [-0.05, 0) is 32.0 Å². The molecule has 1 saturated heterocycles. The number of benzene rings is 1. The number of hydrogen-bond acceptors (Lipinski definition) is 4. The van der Waals surface area contributed by atoms with Gasteiger partial charge in [-0.15, -0.1) is 0 Å². The summed E-state index contributed by atoms with van der Waals surface area (Å²) >= 11 is 0. The summed E-state index contributed by atoms with van der Waals surface area (Å²) in [7, 11) is 0. The van der Waals surface area contributed by atoms with E-state index in [4.69, 9.17) is 14.7 Å². The number of hydrogen-bond donors (Lipinski definition) is 0. The standard InChI is InChI=1S/C15H20N2O2/c1-12-11-19-13(2)10-17(12)6-7-18-15-5-3-4-14(8-15)9-16/h3-5,8,12-13H,6-7,10-11H2,1-2H3. The van der Waals surface area contributed by atoms with Gasteiger partial charge in [0.05, 0.1) is 24.3 Å². The van der Waals surface area contributed by atoms with Crippen LogP contribution in [0.3, 0.4) is 0 Å². The Morgan fingerprint density at radius 2 is 2.32 bits per heavy atom. The van der Waals surface area contributed by atoms with Crippen molar-refractivity contribution in [3.63, 3.8) is 0 Å². The SMILES string of the molecule is CC1CN(CCOc2cccc(C#N)c2)C(C)CO1. The molecule has 1 fully saturated rings. The predicted octanol–water partition coefficient (Wildman–Crippen LogP) is 2.05. The van der Waals surface area contributed by atoms with Gasteiger partial charge in [0, 0.05) is 19.1 Å². The molecule has 19 heavy (non-hydrogen) atoms. The molecule has 102 valence electrons. The third-order valence-electron chi connectivity index (χ3n) is 3.35. The normalized spacial score (nSPS) is 23.8. The Balaban J connectivity index is 1.81. The zero-order chi connectivity index (χ0) is 13.7. The lowest BCUT2D eigenvalue weighted by Gasteiger charge is -2.36. The van der Waals surface area contributed by atoms with Gasteiger partial charge in [-0.1, -0.05) is 6.07 Å². The molecule has 1 aliphatic heterocycles. The monoisotopic (exact) mass is 260 g/mol. The van der Waals surface area contributed by atoms with Crippen molar-refractivity contribution in [2.75, 3.05) is 26.3 Å². The molecule has 1 heterocycles. The molecule has 2 atom stereocenters. The van der Waals surface area contributed by atoms with Crippen LogP contribution in [0.4, 0.5) is 0 Å². The van der Waals surface area contributed by atoms with E-state index in [0.29, 0.717) is 18.2 Å². The van der Waals surface area contributed by atoms with E-state index in [9.17, 15) is 0 Å². The van der Waals surface area contributed by atoms with Gasteiger partial charge < -0.3 is 9.47 Å². The maximum atomic E-state index is 8.83. The van der Waals surface area contributed by atoms with E-state index < -0.39 is 0 Å². The van der Waals surface area contributed by atoms with Crippen LogP contribution in [0.2, 0.25) is 0 Å². The highest BCUT2D eigenvalue weighted by Crippen LogP contribution is 2.14. The number of ether oxygens (including phenoxy) is 2. The highest BCUT2D eigenvalue weighted by molar-refractivity contribution is 5.36. The third kappa shape index (κ3) is 3.95. The fourth-order valence-corrected chi connectivity index (χ4v) is 2.22. The molecular weight excluding hydrogens is 240 g/mol. The molecular formula is C15H20N2O2. The Kier molecular flexibility index (Phi) is 4.78. The zero-order valence-corrected chi connectivity index (χ0v) is 11.5. The lowest BCUT2D eigenvalue weighted by molar-refractivity contribution is -0.0522. The van der Waals surface area contributed by atoms with Crippen molar-refractivity contribution >= 4 is 0 Å². The summed E-state index contributed by atoms with van der Waals surface area (Å²) in [6, 6.07) is 9.82. The van der Waals surface area contributed by atoms with Gasteiger partial charge in [-0.25, -0.2) is 0 Å². The lowest BCUT2D eigenvalue weighted by atomic mass is 10.2. The molecule has 1 aliphatic rings. The van der Waals surface area contributed by atoms with Gasteiger partial charge >= 0.3 is 0 Å². The van der Waals surface area contributed by atoms with Crippen molar-refractivity contribution in [1.82, 2.24) is 4.90 Å². The van der Waals surface area contributed by atoms with E-state index in [0.717, 1.165) is 25.4 Å². The summed E-state index contributed by atoms with van der Waals surface area (Å²) in [5.41, 5.74) is 0.630. The van der Waals surface area contributed by atoms with Crippen LogP contribution in [0, 0.1) is 11.3 Å². The van der Waals surface area contributed by atoms with Crippen molar-refractivity contribution in [2.45, 2.75) is 26.0 Å². The van der Waals surface area contributed by atoms with Crippen molar-refractivity contribution in [2.24, 2.45) is 0 Å². The molecule has 2 rings (SSSR count). The quantitative estimate of drug-likeness (QED) is 0.831. The maximum Gasteiger partial charge on any atom is 0.120 e. The molecule has 0 aromatic heterocycles. The molecule has 0 N–H and O–H groups in total. The second-order valence-electron chi connectivity index (χ2n) is 4.98. The molecule has 0 bridgehead atoms. The first-order valence-electron chi connectivity index (χ1n) is 6.67. The van der Waals surface area contributed by atoms with Crippen LogP contribution in [0.1, 0.15) is 19.4 Å². The molecule has 0 amide bonds. The van der Waals surface area contributed by atoms with Crippen molar-refractivity contribution in [3.8, 4) is 11.8 Å². The summed E-state index contributed by atoms with van der Waals surface area (Å²) in [5, 5.41) is 8.83. The fourth-order valence-electron chi connectivity index (χ4n) is 2.22. The average Bonchev–Trinajstić information content (AvgIpc) is 2.43. The topological polar surface area (TPSA) is 45.5 Å². The Morgan fingerprint density at radius 1 is 1.47 bits per heavy atom. The molecule has 2 unspecified atom stereocenters. The number of morpholine rings is 1. The van der Waals surface area contributed by atoms with E-state index >= 15 is 0 Å². The molecule has 0 spiro atoms. The average molecular weight is 260 g/mol. The van der Waals surface area contributed by atoms with Gasteiger partial charge in [0.1, 0.15) is 12.4 Å². The van der Waals surface area contributed by atoms with Crippen LogP contribution < -0.4 is 4.74 Å². The highest BCUT2D eigenvalue weighted by Gasteiger charge is 2.22. The van der Waals surface area contributed by atoms with Crippen LogP contribution in [0.5, 0.6) is 5.75 Å². The summed E-state index contributed by atoms with van der Waals surface area (Å²) in [6.45, 7) is 7.50. The first-order valence-corrected chi connectivity index (χ1v) is 6.67. The second-order valence-corrected chi connectivity index (χ2v) is 4.98. The predicted molar refractivity (Wildman–Crippen MR) is 73.1 cm³/mol. The first kappa shape index (κ1) is 13.9. The van der Waals surface area contributed by atoms with E-state index in [1.807, 2.05) is 12.1 Å². The minimum Gasteiger partial charge on any atom is -0.492 e. The first-order chi connectivity index (χ1) is 9.19. The Labute approximate surface area is 114 Å².